The van der Waals surface area contributed by atoms with E-state index in [9.17, 15) is 0 Å². The highest BCUT2D eigenvalue weighted by Gasteiger charge is 2.23. The summed E-state index contributed by atoms with van der Waals surface area (Å²) in [6, 6.07) is 0.654. The summed E-state index contributed by atoms with van der Waals surface area (Å²) in [5, 5.41) is 2.42. The number of nitrogens with one attached hydrogen (secondary N) is 1. The zero-order valence-corrected chi connectivity index (χ0v) is 9.87. The molecule has 3 nitrogen and oxygen atoms in total. The molecule has 15 heavy (non-hydrogen) atoms. The molecule has 2 unspecified atom stereocenters. The van der Waals surface area contributed by atoms with Gasteiger partial charge in [0, 0.05) is 25.7 Å². The predicted octanol–water partition coefficient (Wildman–Crippen LogP) is 1.93. The highest BCUT2D eigenvalue weighted by atomic mass is 16.5. The molecule has 3 heteroatoms. The van der Waals surface area contributed by atoms with Crippen LogP contribution < -0.4 is 5.43 Å². The number of hydrazine groups is 1. The van der Waals surface area contributed by atoms with Crippen molar-refractivity contribution in [2.24, 2.45) is 0 Å². The van der Waals surface area contributed by atoms with Gasteiger partial charge < -0.3 is 4.74 Å². The maximum absolute atomic E-state index is 5.69. The average Bonchev–Trinajstić information content (AvgIpc) is 2.31. The van der Waals surface area contributed by atoms with Crippen LogP contribution in [0, 0.1) is 0 Å². The topological polar surface area (TPSA) is 24.5 Å². The van der Waals surface area contributed by atoms with E-state index < -0.39 is 0 Å². The molecule has 0 aliphatic carbocycles. The Hall–Kier alpha value is -0.120. The van der Waals surface area contributed by atoms with Crippen LogP contribution in [0.25, 0.3) is 0 Å². The summed E-state index contributed by atoms with van der Waals surface area (Å²) < 4.78 is 5.69. The maximum Gasteiger partial charge on any atom is 0.0587 e. The van der Waals surface area contributed by atoms with E-state index in [-0.39, 0.29) is 0 Å². The largest absolute Gasteiger partial charge is 0.378 e. The summed E-state index contributed by atoms with van der Waals surface area (Å²) in [6.45, 7) is 5.61. The molecular weight excluding hydrogens is 188 g/mol. The molecule has 2 aliphatic rings. The first-order valence-electron chi connectivity index (χ1n) is 6.51. The molecule has 0 radical (unpaired) electrons. The fraction of sp³-hybridized carbons (Fsp3) is 1.00. The molecule has 2 aliphatic heterocycles. The van der Waals surface area contributed by atoms with Gasteiger partial charge in [0.2, 0.25) is 0 Å². The summed E-state index contributed by atoms with van der Waals surface area (Å²) in [4.78, 5) is 0. The monoisotopic (exact) mass is 212 g/mol. The lowest BCUT2D eigenvalue weighted by molar-refractivity contribution is -0.0186. The van der Waals surface area contributed by atoms with E-state index in [0.717, 1.165) is 13.0 Å². The molecule has 2 saturated heterocycles. The van der Waals surface area contributed by atoms with E-state index in [0.29, 0.717) is 12.1 Å². The maximum atomic E-state index is 5.69. The van der Waals surface area contributed by atoms with Crippen molar-refractivity contribution in [3.8, 4) is 0 Å². The zero-order chi connectivity index (χ0) is 10.5. The summed E-state index contributed by atoms with van der Waals surface area (Å²) >= 11 is 0. The molecule has 0 aromatic heterocycles. The van der Waals surface area contributed by atoms with Crippen molar-refractivity contribution in [2.45, 2.75) is 57.6 Å². The number of ether oxygens (including phenoxy) is 1. The third-order valence-electron chi connectivity index (χ3n) is 3.54. The molecule has 88 valence electrons. The van der Waals surface area contributed by atoms with Crippen molar-refractivity contribution >= 4 is 0 Å². The molecule has 0 amide bonds. The Morgan fingerprint density at radius 2 is 2.07 bits per heavy atom. The fourth-order valence-corrected chi connectivity index (χ4v) is 2.56. The van der Waals surface area contributed by atoms with Gasteiger partial charge in [0.15, 0.2) is 0 Å². The molecule has 2 heterocycles. The van der Waals surface area contributed by atoms with Crippen molar-refractivity contribution in [2.75, 3.05) is 19.7 Å². The molecule has 2 atom stereocenters. The second-order valence-corrected chi connectivity index (χ2v) is 4.80. The summed E-state index contributed by atoms with van der Waals surface area (Å²) in [5.41, 5.74) is 3.68. The Morgan fingerprint density at radius 3 is 2.80 bits per heavy atom. The minimum atomic E-state index is 0.487. The van der Waals surface area contributed by atoms with Crippen LogP contribution in [-0.4, -0.2) is 36.9 Å². The molecule has 0 aromatic carbocycles. The smallest absolute Gasteiger partial charge is 0.0587 e. The zero-order valence-electron chi connectivity index (χ0n) is 9.87. The SMILES string of the molecule is CCC1CC(NN2CCCCC2)CCO1. The van der Waals surface area contributed by atoms with Crippen molar-refractivity contribution in [3.63, 3.8) is 0 Å². The van der Waals surface area contributed by atoms with Crippen LogP contribution in [-0.2, 0) is 4.74 Å². The predicted molar refractivity (Wildman–Crippen MR) is 61.6 cm³/mol. The number of hydrogen-bond acceptors (Lipinski definition) is 3. The fourth-order valence-electron chi connectivity index (χ4n) is 2.56. The van der Waals surface area contributed by atoms with E-state index in [1.54, 1.807) is 0 Å². The van der Waals surface area contributed by atoms with Gasteiger partial charge in [0.25, 0.3) is 0 Å². The van der Waals surface area contributed by atoms with Gasteiger partial charge in [-0.1, -0.05) is 13.3 Å². The Morgan fingerprint density at radius 1 is 1.27 bits per heavy atom. The number of piperidine rings is 1. The van der Waals surface area contributed by atoms with Gasteiger partial charge in [0.05, 0.1) is 6.10 Å². The first-order chi connectivity index (χ1) is 7.38. The molecule has 0 saturated carbocycles. The van der Waals surface area contributed by atoms with Gasteiger partial charge in [-0.25, -0.2) is 5.01 Å². The van der Waals surface area contributed by atoms with Crippen molar-refractivity contribution in [1.82, 2.24) is 10.4 Å². The molecule has 1 N–H and O–H groups in total. The van der Waals surface area contributed by atoms with E-state index in [1.165, 1.54) is 45.2 Å². The molecule has 2 fully saturated rings. The number of rotatable bonds is 3. The minimum Gasteiger partial charge on any atom is -0.378 e. The van der Waals surface area contributed by atoms with E-state index in [4.69, 9.17) is 4.74 Å². The summed E-state index contributed by atoms with van der Waals surface area (Å²) in [5.74, 6) is 0. The van der Waals surface area contributed by atoms with Gasteiger partial charge in [-0.3, -0.25) is 5.43 Å². The Kier molecular flexibility index (Phi) is 4.42. The second-order valence-electron chi connectivity index (χ2n) is 4.80. The van der Waals surface area contributed by atoms with Gasteiger partial charge in [-0.15, -0.1) is 0 Å². The second kappa shape index (κ2) is 5.83. The van der Waals surface area contributed by atoms with E-state index in [1.807, 2.05) is 0 Å². The van der Waals surface area contributed by atoms with Gasteiger partial charge in [-0.2, -0.15) is 0 Å². The van der Waals surface area contributed by atoms with Crippen molar-refractivity contribution in [3.05, 3.63) is 0 Å². The van der Waals surface area contributed by atoms with Gasteiger partial charge in [-0.05, 0) is 32.1 Å². The Labute approximate surface area is 93.1 Å². The van der Waals surface area contributed by atoms with Crippen LogP contribution in [0.2, 0.25) is 0 Å². The van der Waals surface area contributed by atoms with E-state index >= 15 is 0 Å². The van der Waals surface area contributed by atoms with E-state index in [2.05, 4.69) is 17.4 Å². The van der Waals surface area contributed by atoms with Crippen LogP contribution in [0.4, 0.5) is 0 Å². The lowest BCUT2D eigenvalue weighted by Crippen LogP contribution is -2.50. The highest BCUT2D eigenvalue weighted by molar-refractivity contribution is 4.76. The lowest BCUT2D eigenvalue weighted by Gasteiger charge is -2.35. The number of hydrogen-bond donors (Lipinski definition) is 1. The van der Waals surface area contributed by atoms with Crippen molar-refractivity contribution < 1.29 is 4.74 Å². The number of nitrogens with zero attached hydrogens (tertiary/aromatic N) is 1. The van der Waals surface area contributed by atoms with Crippen LogP contribution in [0.3, 0.4) is 0 Å². The van der Waals surface area contributed by atoms with Crippen LogP contribution in [0.15, 0.2) is 0 Å². The standard InChI is InChI=1S/C12H24N2O/c1-2-12-10-11(6-9-15-12)13-14-7-4-3-5-8-14/h11-13H,2-10H2,1H3. The van der Waals surface area contributed by atoms with Gasteiger partial charge in [0.1, 0.15) is 0 Å². The molecule has 0 aromatic rings. The minimum absolute atomic E-state index is 0.487. The molecule has 0 spiro atoms. The van der Waals surface area contributed by atoms with Crippen LogP contribution in [0.1, 0.15) is 45.4 Å². The third-order valence-corrected chi connectivity index (χ3v) is 3.54. The molecule has 2 rings (SSSR count). The average molecular weight is 212 g/mol. The lowest BCUT2D eigenvalue weighted by atomic mass is 10.0. The summed E-state index contributed by atoms with van der Waals surface area (Å²) in [7, 11) is 0. The van der Waals surface area contributed by atoms with Gasteiger partial charge >= 0.3 is 0 Å². The Bertz CT molecular complexity index is 180. The highest BCUT2D eigenvalue weighted by Crippen LogP contribution is 2.17. The van der Waals surface area contributed by atoms with Crippen molar-refractivity contribution in [1.29, 1.82) is 0 Å². The Balaban J connectivity index is 1.72. The summed E-state index contributed by atoms with van der Waals surface area (Å²) in [6.07, 6.45) is 8.11. The third kappa shape index (κ3) is 3.44. The van der Waals surface area contributed by atoms with Crippen LogP contribution in [0.5, 0.6) is 0 Å². The first kappa shape index (κ1) is 11.4. The quantitative estimate of drug-likeness (QED) is 0.773. The first-order valence-corrected chi connectivity index (χ1v) is 6.51. The molecular formula is C12H24N2O. The molecule has 0 bridgehead atoms. The van der Waals surface area contributed by atoms with Crippen LogP contribution >= 0.6 is 0 Å². The normalized spacial score (nSPS) is 34.2.